The van der Waals surface area contributed by atoms with E-state index in [0.29, 0.717) is 66.6 Å². The highest BCUT2D eigenvalue weighted by Gasteiger charge is 2.45. The standard InChI is InChI=1S/C33H45N7O5S/c1-32(2,3)44-31(42)40-14-12-39(13-15-40)23-18-22(19-24(20-23)43-17-16-38-10-5-6-11-38)28(35)37-45-30(41)33(4)9-7-8-26-27(33)25(21-34)29(36)46-26/h18-20H,5-17,36H2,1-4H3,(H2,35,37). The Morgan fingerprint density at radius 3 is 2.48 bits per heavy atom. The van der Waals surface area contributed by atoms with E-state index in [-0.39, 0.29) is 11.9 Å². The van der Waals surface area contributed by atoms with Gasteiger partial charge >= 0.3 is 12.1 Å². The number of amides is 1. The molecule has 3 heterocycles. The number of anilines is 2. The van der Waals surface area contributed by atoms with Crippen molar-refractivity contribution in [2.24, 2.45) is 10.9 Å². The summed E-state index contributed by atoms with van der Waals surface area (Å²) < 4.78 is 11.7. The van der Waals surface area contributed by atoms with Crippen molar-refractivity contribution in [3.05, 3.63) is 39.8 Å². The third-order valence-corrected chi connectivity index (χ3v) is 9.87. The number of thiophene rings is 1. The van der Waals surface area contributed by atoms with Crippen LogP contribution in [-0.4, -0.2) is 85.7 Å². The summed E-state index contributed by atoms with van der Waals surface area (Å²) in [5, 5.41) is 14.2. The molecule has 1 amide bonds. The smallest absolute Gasteiger partial charge is 0.410 e. The van der Waals surface area contributed by atoms with Crippen molar-refractivity contribution in [1.29, 1.82) is 5.26 Å². The van der Waals surface area contributed by atoms with Gasteiger partial charge < -0.3 is 35.6 Å². The molecule has 1 aliphatic carbocycles. The van der Waals surface area contributed by atoms with Crippen molar-refractivity contribution >= 4 is 39.9 Å². The molecule has 1 aromatic heterocycles. The minimum Gasteiger partial charge on any atom is -0.492 e. The van der Waals surface area contributed by atoms with E-state index >= 15 is 0 Å². The first-order valence-corrected chi connectivity index (χ1v) is 16.8. The second-order valence-corrected chi connectivity index (χ2v) is 14.5. The molecule has 1 aromatic carbocycles. The Hall–Kier alpha value is -4.02. The number of likely N-dealkylation sites (tertiary alicyclic amines) is 1. The van der Waals surface area contributed by atoms with Crippen LogP contribution in [0, 0.1) is 11.3 Å². The SMILES string of the molecule is CC(C)(C)OC(=O)N1CCN(c2cc(OCCN3CCCC3)cc(/C(N)=N/OC(=O)C3(C)CCCc4sc(N)c(C#N)c43)c2)CC1. The number of ether oxygens (including phenoxy) is 2. The Morgan fingerprint density at radius 1 is 1.09 bits per heavy atom. The highest BCUT2D eigenvalue weighted by molar-refractivity contribution is 7.16. The van der Waals surface area contributed by atoms with Crippen LogP contribution in [0.1, 0.15) is 74.9 Å². The molecule has 2 fully saturated rings. The van der Waals surface area contributed by atoms with E-state index in [4.69, 9.17) is 25.8 Å². The predicted molar refractivity (Wildman–Crippen MR) is 178 cm³/mol. The number of nitrogens with zero attached hydrogens (tertiary/aromatic N) is 5. The minimum atomic E-state index is -1.06. The van der Waals surface area contributed by atoms with E-state index in [1.54, 1.807) is 17.9 Å². The number of carbonyl (C=O) groups excluding carboxylic acids is 2. The van der Waals surface area contributed by atoms with Gasteiger partial charge in [-0.1, -0.05) is 5.16 Å². The molecule has 12 nitrogen and oxygen atoms in total. The maximum absolute atomic E-state index is 13.5. The summed E-state index contributed by atoms with van der Waals surface area (Å²) in [6, 6.07) is 7.81. The molecule has 5 rings (SSSR count). The molecular weight excluding hydrogens is 606 g/mol. The molecule has 2 aliphatic heterocycles. The molecule has 0 bridgehead atoms. The molecule has 3 aliphatic rings. The van der Waals surface area contributed by atoms with Gasteiger partial charge in [-0.2, -0.15) is 5.26 Å². The number of nitrogens with two attached hydrogens (primary N) is 2. The van der Waals surface area contributed by atoms with Gasteiger partial charge in [0.2, 0.25) is 0 Å². The fraction of sp³-hybridized carbons (Fsp3) is 0.576. The maximum Gasteiger partial charge on any atom is 0.410 e. The van der Waals surface area contributed by atoms with Crippen LogP contribution in [-0.2, 0) is 26.2 Å². The van der Waals surface area contributed by atoms with Crippen molar-refractivity contribution in [3.8, 4) is 11.8 Å². The predicted octanol–water partition coefficient (Wildman–Crippen LogP) is 4.19. The summed E-state index contributed by atoms with van der Waals surface area (Å²) in [5.41, 5.74) is 13.3. The highest BCUT2D eigenvalue weighted by Crippen LogP contribution is 2.46. The first-order chi connectivity index (χ1) is 21.9. The first-order valence-electron chi connectivity index (χ1n) is 16.0. The van der Waals surface area contributed by atoms with Gasteiger partial charge in [-0.3, -0.25) is 4.90 Å². The third kappa shape index (κ3) is 7.50. The average molecular weight is 652 g/mol. The molecule has 13 heteroatoms. The number of carbonyl (C=O) groups is 2. The van der Waals surface area contributed by atoms with Crippen molar-refractivity contribution < 1.29 is 23.9 Å². The normalized spacial score (nSPS) is 20.6. The van der Waals surface area contributed by atoms with E-state index in [2.05, 4.69) is 21.0 Å². The molecule has 0 radical (unpaired) electrons. The Kier molecular flexibility index (Phi) is 9.98. The third-order valence-electron chi connectivity index (χ3n) is 8.79. The van der Waals surface area contributed by atoms with E-state index in [1.807, 2.05) is 32.9 Å². The number of hydrogen-bond donors (Lipinski definition) is 2. The fourth-order valence-electron chi connectivity index (χ4n) is 6.31. The van der Waals surface area contributed by atoms with E-state index < -0.39 is 17.0 Å². The van der Waals surface area contributed by atoms with Crippen molar-refractivity contribution in [2.45, 2.75) is 70.8 Å². The number of piperazine rings is 1. The Morgan fingerprint density at radius 2 is 1.80 bits per heavy atom. The summed E-state index contributed by atoms with van der Waals surface area (Å²) in [6.07, 6.45) is 4.13. The number of oxime groups is 1. The molecule has 2 saturated heterocycles. The van der Waals surface area contributed by atoms with Gasteiger partial charge in [-0.25, -0.2) is 9.59 Å². The lowest BCUT2D eigenvalue weighted by Crippen LogP contribution is -2.50. The summed E-state index contributed by atoms with van der Waals surface area (Å²) in [6.45, 7) is 13.0. The van der Waals surface area contributed by atoms with Crippen LogP contribution in [0.25, 0.3) is 0 Å². The lowest BCUT2D eigenvalue weighted by molar-refractivity contribution is -0.150. The largest absolute Gasteiger partial charge is 0.492 e. The molecule has 2 aromatic rings. The summed E-state index contributed by atoms with van der Waals surface area (Å²) in [5.74, 6) is 0.0706. The number of nitriles is 1. The summed E-state index contributed by atoms with van der Waals surface area (Å²) in [7, 11) is 0. The molecule has 0 spiro atoms. The fourth-order valence-corrected chi connectivity index (χ4v) is 7.50. The van der Waals surface area contributed by atoms with E-state index in [9.17, 15) is 14.9 Å². The van der Waals surface area contributed by atoms with Gasteiger partial charge in [0, 0.05) is 60.5 Å². The quantitative estimate of drug-likeness (QED) is 0.183. The van der Waals surface area contributed by atoms with Gasteiger partial charge in [0.05, 0.1) is 11.0 Å². The molecule has 0 saturated carbocycles. The van der Waals surface area contributed by atoms with E-state index in [0.717, 1.165) is 43.0 Å². The molecule has 4 N–H and O–H groups in total. The van der Waals surface area contributed by atoms with Crippen LogP contribution < -0.4 is 21.1 Å². The number of amidine groups is 1. The zero-order chi connectivity index (χ0) is 33.1. The monoisotopic (exact) mass is 651 g/mol. The highest BCUT2D eigenvalue weighted by atomic mass is 32.1. The van der Waals surface area contributed by atoms with Gasteiger partial charge in [0.15, 0.2) is 5.84 Å². The number of hydrogen-bond acceptors (Lipinski definition) is 11. The number of rotatable bonds is 8. The lowest BCUT2D eigenvalue weighted by atomic mass is 9.72. The number of nitrogen functional groups attached to an aromatic ring is 1. The summed E-state index contributed by atoms with van der Waals surface area (Å²) in [4.78, 5) is 38.8. The van der Waals surface area contributed by atoms with Crippen molar-refractivity contribution in [2.75, 3.05) is 63.1 Å². The van der Waals surface area contributed by atoms with Crippen LogP contribution in [0.3, 0.4) is 0 Å². The van der Waals surface area contributed by atoms with Crippen LogP contribution in [0.15, 0.2) is 23.4 Å². The topological polar surface area (TPSA) is 160 Å². The van der Waals surface area contributed by atoms with Crippen LogP contribution in [0.4, 0.5) is 15.5 Å². The van der Waals surface area contributed by atoms with Gasteiger partial charge in [0.25, 0.3) is 0 Å². The second kappa shape index (κ2) is 13.8. The minimum absolute atomic E-state index is 0.0250. The number of fused-ring (bicyclic) bond motifs is 1. The maximum atomic E-state index is 13.5. The van der Waals surface area contributed by atoms with Crippen LogP contribution in [0.2, 0.25) is 0 Å². The Labute approximate surface area is 274 Å². The number of benzene rings is 1. The van der Waals surface area contributed by atoms with Crippen molar-refractivity contribution in [3.63, 3.8) is 0 Å². The molecular formula is C33H45N7O5S. The molecule has 1 atom stereocenters. The van der Waals surface area contributed by atoms with Gasteiger partial charge in [-0.15, -0.1) is 11.3 Å². The molecule has 1 unspecified atom stereocenters. The van der Waals surface area contributed by atoms with Crippen LogP contribution in [0.5, 0.6) is 5.75 Å². The number of aryl methyl sites for hydroxylation is 1. The molecule has 248 valence electrons. The molecule has 46 heavy (non-hydrogen) atoms. The van der Waals surface area contributed by atoms with Gasteiger partial charge in [-0.05, 0) is 85.0 Å². The van der Waals surface area contributed by atoms with Crippen LogP contribution >= 0.6 is 11.3 Å². The Balaban J connectivity index is 1.33. The van der Waals surface area contributed by atoms with Gasteiger partial charge in [0.1, 0.15) is 29.0 Å². The van der Waals surface area contributed by atoms with Crippen molar-refractivity contribution in [1.82, 2.24) is 9.80 Å². The van der Waals surface area contributed by atoms with E-state index in [1.165, 1.54) is 24.2 Å². The zero-order valence-electron chi connectivity index (χ0n) is 27.3. The first kappa shape index (κ1) is 33.3. The average Bonchev–Trinajstić information content (AvgIpc) is 3.66. The second-order valence-electron chi connectivity index (χ2n) is 13.4. The zero-order valence-corrected chi connectivity index (χ0v) is 28.1. The lowest BCUT2D eigenvalue weighted by Gasteiger charge is -2.37. The summed E-state index contributed by atoms with van der Waals surface area (Å²) >= 11 is 1.35. The Bertz CT molecular complexity index is 1510.